The molecule has 0 aromatic heterocycles. The summed E-state index contributed by atoms with van der Waals surface area (Å²) in [7, 11) is 0. The third kappa shape index (κ3) is 8.24. The van der Waals surface area contributed by atoms with Gasteiger partial charge in [0.15, 0.2) is 0 Å². The molecule has 4 aromatic rings. The van der Waals surface area contributed by atoms with Crippen molar-refractivity contribution in [2.75, 3.05) is 0 Å². The molecule has 0 radical (unpaired) electrons. The van der Waals surface area contributed by atoms with Crippen molar-refractivity contribution in [2.24, 2.45) is 0 Å². The maximum atomic E-state index is 3.42. The van der Waals surface area contributed by atoms with Crippen LogP contribution in [0.3, 0.4) is 0 Å². The van der Waals surface area contributed by atoms with Gasteiger partial charge in [-0.2, -0.15) is 0 Å². The smallest absolute Gasteiger partial charge is 0.0208 e. The van der Waals surface area contributed by atoms with E-state index in [9.17, 15) is 0 Å². The summed E-state index contributed by atoms with van der Waals surface area (Å²) in [4.78, 5) is 0. The first kappa shape index (κ1) is 22.5. The number of hydrogen-bond donors (Lipinski definition) is 1. The van der Waals surface area contributed by atoms with Crippen LogP contribution < -0.4 is 5.32 Å². The first-order valence-electron chi connectivity index (χ1n) is 11.2. The lowest BCUT2D eigenvalue weighted by Crippen LogP contribution is -2.12. The lowest BCUT2D eigenvalue weighted by molar-refractivity contribution is 0.660. The highest BCUT2D eigenvalue weighted by atomic mass is 14.8. The molecule has 158 valence electrons. The Morgan fingerprint density at radius 1 is 0.516 bits per heavy atom. The van der Waals surface area contributed by atoms with Gasteiger partial charge in [0.05, 0.1) is 0 Å². The summed E-state index contributed by atoms with van der Waals surface area (Å²) in [5, 5.41) is 3.42. The fourth-order valence-corrected chi connectivity index (χ4v) is 3.66. The fraction of sp³-hybridized carbons (Fsp3) is 0.200. The van der Waals surface area contributed by atoms with E-state index in [0.717, 1.165) is 19.5 Å². The van der Waals surface area contributed by atoms with Crippen molar-refractivity contribution in [2.45, 2.75) is 38.8 Å². The van der Waals surface area contributed by atoms with Gasteiger partial charge in [-0.3, -0.25) is 0 Å². The molecule has 1 unspecified atom stereocenters. The van der Waals surface area contributed by atoms with Crippen molar-refractivity contribution in [1.29, 1.82) is 0 Å². The first-order chi connectivity index (χ1) is 15.3. The maximum Gasteiger partial charge on any atom is 0.0208 e. The molecule has 0 amide bonds. The molecule has 0 bridgehead atoms. The van der Waals surface area contributed by atoms with Gasteiger partial charge in [-0.15, -0.1) is 0 Å². The Morgan fingerprint density at radius 3 is 1.32 bits per heavy atom. The molecular formula is C30H33N. The minimum absolute atomic E-state index is 0.642. The predicted molar refractivity (Wildman–Crippen MR) is 133 cm³/mol. The summed E-state index contributed by atoms with van der Waals surface area (Å²) in [6.07, 6.45) is 2.33. The van der Waals surface area contributed by atoms with Crippen molar-refractivity contribution in [3.05, 3.63) is 144 Å². The van der Waals surface area contributed by atoms with E-state index in [1.54, 1.807) is 0 Å². The van der Waals surface area contributed by atoms with Crippen LogP contribution in [0.2, 0.25) is 0 Å². The molecule has 0 saturated heterocycles. The molecule has 0 fully saturated rings. The van der Waals surface area contributed by atoms with Crippen molar-refractivity contribution in [3.63, 3.8) is 0 Å². The van der Waals surface area contributed by atoms with Gasteiger partial charge >= 0.3 is 0 Å². The zero-order chi connectivity index (χ0) is 21.6. The monoisotopic (exact) mass is 407 g/mol. The number of rotatable bonds is 8. The van der Waals surface area contributed by atoms with Gasteiger partial charge in [-0.1, -0.05) is 128 Å². The van der Waals surface area contributed by atoms with Crippen LogP contribution in [0.4, 0.5) is 0 Å². The van der Waals surface area contributed by atoms with Crippen LogP contribution in [-0.2, 0) is 19.5 Å². The van der Waals surface area contributed by atoms with Crippen molar-refractivity contribution < 1.29 is 0 Å². The first-order valence-corrected chi connectivity index (χ1v) is 11.2. The molecule has 0 spiro atoms. The van der Waals surface area contributed by atoms with E-state index in [4.69, 9.17) is 0 Å². The number of hydrogen-bond acceptors (Lipinski definition) is 1. The lowest BCUT2D eigenvalue weighted by Gasteiger charge is -2.15. The van der Waals surface area contributed by atoms with Crippen molar-refractivity contribution in [3.8, 4) is 0 Å². The van der Waals surface area contributed by atoms with Gasteiger partial charge in [0.1, 0.15) is 0 Å². The van der Waals surface area contributed by atoms with E-state index in [0.29, 0.717) is 5.92 Å². The van der Waals surface area contributed by atoms with E-state index >= 15 is 0 Å². The fourth-order valence-electron chi connectivity index (χ4n) is 3.66. The Bertz CT molecular complexity index is 911. The molecule has 4 rings (SSSR count). The highest BCUT2D eigenvalue weighted by Gasteiger charge is 2.09. The number of benzene rings is 4. The summed E-state index contributed by atoms with van der Waals surface area (Å²) in [6, 6.07) is 42.5. The summed E-state index contributed by atoms with van der Waals surface area (Å²) >= 11 is 0. The SMILES string of the molecule is CCC(Cc1ccccc1)c1ccccc1.c1ccc(CNCc2ccccc2)cc1. The van der Waals surface area contributed by atoms with Gasteiger partial charge in [0.2, 0.25) is 0 Å². The van der Waals surface area contributed by atoms with Gasteiger partial charge in [-0.05, 0) is 41.0 Å². The Morgan fingerprint density at radius 2 is 0.903 bits per heavy atom. The molecule has 1 N–H and O–H groups in total. The molecule has 0 aliphatic carbocycles. The quantitative estimate of drug-likeness (QED) is 0.321. The third-order valence-electron chi connectivity index (χ3n) is 5.43. The Hall–Kier alpha value is -3.16. The zero-order valence-electron chi connectivity index (χ0n) is 18.5. The second-order valence-electron chi connectivity index (χ2n) is 7.78. The molecule has 0 aliphatic rings. The van der Waals surface area contributed by atoms with Crippen LogP contribution in [0.15, 0.2) is 121 Å². The van der Waals surface area contributed by atoms with E-state index < -0.39 is 0 Å². The Balaban J connectivity index is 0.000000176. The lowest BCUT2D eigenvalue weighted by atomic mass is 9.90. The Kier molecular flexibility index (Phi) is 9.59. The van der Waals surface area contributed by atoms with Crippen LogP contribution in [0.1, 0.15) is 41.5 Å². The van der Waals surface area contributed by atoms with E-state index in [-0.39, 0.29) is 0 Å². The largest absolute Gasteiger partial charge is 0.309 e. The molecule has 31 heavy (non-hydrogen) atoms. The maximum absolute atomic E-state index is 3.42. The van der Waals surface area contributed by atoms with Crippen LogP contribution in [-0.4, -0.2) is 0 Å². The average molecular weight is 408 g/mol. The van der Waals surface area contributed by atoms with Crippen LogP contribution in [0, 0.1) is 0 Å². The summed E-state index contributed by atoms with van der Waals surface area (Å²) in [5.41, 5.74) is 5.54. The molecule has 0 heterocycles. The van der Waals surface area contributed by atoms with E-state index in [1.165, 1.54) is 28.7 Å². The second kappa shape index (κ2) is 13.2. The molecule has 1 heteroatoms. The summed E-state index contributed by atoms with van der Waals surface area (Å²) < 4.78 is 0. The molecular weight excluding hydrogens is 374 g/mol. The van der Waals surface area contributed by atoms with Crippen LogP contribution in [0.25, 0.3) is 0 Å². The van der Waals surface area contributed by atoms with Crippen LogP contribution >= 0.6 is 0 Å². The zero-order valence-corrected chi connectivity index (χ0v) is 18.5. The van der Waals surface area contributed by atoms with Gasteiger partial charge in [0.25, 0.3) is 0 Å². The van der Waals surface area contributed by atoms with Gasteiger partial charge < -0.3 is 5.32 Å². The standard InChI is InChI=1S/C16H18.C14H15N/c1-2-15(16-11-7-4-8-12-16)13-14-9-5-3-6-10-14;1-3-7-13(8-4-1)11-15-12-14-9-5-2-6-10-14/h3-12,15H,2,13H2,1H3;1-10,15H,11-12H2. The van der Waals surface area contributed by atoms with Crippen molar-refractivity contribution in [1.82, 2.24) is 5.32 Å². The third-order valence-corrected chi connectivity index (χ3v) is 5.43. The number of nitrogens with one attached hydrogen (secondary N) is 1. The second-order valence-corrected chi connectivity index (χ2v) is 7.78. The predicted octanol–water partition coefficient (Wildman–Crippen LogP) is 7.40. The molecule has 0 aliphatic heterocycles. The summed E-state index contributed by atoms with van der Waals surface area (Å²) in [6.45, 7) is 4.12. The topological polar surface area (TPSA) is 12.0 Å². The molecule has 1 atom stereocenters. The minimum Gasteiger partial charge on any atom is -0.309 e. The average Bonchev–Trinajstić information content (AvgIpc) is 2.85. The molecule has 0 saturated carbocycles. The summed E-state index contributed by atoms with van der Waals surface area (Å²) in [5.74, 6) is 0.642. The van der Waals surface area contributed by atoms with E-state index in [2.05, 4.69) is 121 Å². The molecule has 1 nitrogen and oxygen atoms in total. The minimum atomic E-state index is 0.642. The van der Waals surface area contributed by atoms with Gasteiger partial charge in [-0.25, -0.2) is 0 Å². The molecule has 4 aromatic carbocycles. The van der Waals surface area contributed by atoms with Gasteiger partial charge in [0, 0.05) is 13.1 Å². The van der Waals surface area contributed by atoms with E-state index in [1.807, 2.05) is 12.1 Å². The van der Waals surface area contributed by atoms with Crippen LogP contribution in [0.5, 0.6) is 0 Å². The Labute approximate surface area is 187 Å². The van der Waals surface area contributed by atoms with Crippen molar-refractivity contribution >= 4 is 0 Å². The normalized spacial score (nSPS) is 11.3. The highest BCUT2D eigenvalue weighted by molar-refractivity contribution is 5.24. The highest BCUT2D eigenvalue weighted by Crippen LogP contribution is 2.23.